The molecule has 0 atom stereocenters. The topological polar surface area (TPSA) is 54.9 Å². The van der Waals surface area contributed by atoms with Gasteiger partial charge in [0.1, 0.15) is 5.01 Å². The molecule has 4 nitrogen and oxygen atoms in total. The molecule has 0 saturated carbocycles. The van der Waals surface area contributed by atoms with E-state index in [0.717, 1.165) is 5.01 Å². The molecule has 0 saturated heterocycles. The zero-order valence-electron chi connectivity index (χ0n) is 8.18. The number of carbonyl (C=O) groups is 1. The SMILES string of the molecule is O=C(NCc1nccs1)c1ccncc1Cl. The van der Waals surface area contributed by atoms with E-state index in [9.17, 15) is 4.79 Å². The maximum Gasteiger partial charge on any atom is 0.253 e. The van der Waals surface area contributed by atoms with Crippen molar-refractivity contribution in [2.24, 2.45) is 0 Å². The van der Waals surface area contributed by atoms with Crippen molar-refractivity contribution < 1.29 is 4.79 Å². The fraction of sp³-hybridized carbons (Fsp3) is 0.100. The zero-order valence-corrected chi connectivity index (χ0v) is 9.76. The highest BCUT2D eigenvalue weighted by molar-refractivity contribution is 7.09. The zero-order chi connectivity index (χ0) is 11.4. The van der Waals surface area contributed by atoms with E-state index in [2.05, 4.69) is 15.3 Å². The normalized spacial score (nSPS) is 10.1. The second-order valence-corrected chi connectivity index (χ2v) is 4.35. The Balaban J connectivity index is 2.01. The molecule has 0 radical (unpaired) electrons. The molecule has 1 amide bonds. The Hall–Kier alpha value is -1.46. The molecule has 0 spiro atoms. The lowest BCUT2D eigenvalue weighted by Gasteiger charge is -2.04. The molecule has 2 heterocycles. The Morgan fingerprint density at radius 3 is 3.06 bits per heavy atom. The van der Waals surface area contributed by atoms with Gasteiger partial charge in [-0.25, -0.2) is 4.98 Å². The van der Waals surface area contributed by atoms with Crippen molar-refractivity contribution in [2.75, 3.05) is 0 Å². The van der Waals surface area contributed by atoms with Crippen molar-refractivity contribution >= 4 is 28.8 Å². The van der Waals surface area contributed by atoms with Crippen molar-refractivity contribution in [2.45, 2.75) is 6.54 Å². The van der Waals surface area contributed by atoms with Gasteiger partial charge in [-0.1, -0.05) is 11.6 Å². The maximum absolute atomic E-state index is 11.7. The van der Waals surface area contributed by atoms with Crippen LogP contribution in [0.3, 0.4) is 0 Å². The first kappa shape index (κ1) is 11.0. The van der Waals surface area contributed by atoms with Crippen molar-refractivity contribution in [3.8, 4) is 0 Å². The Labute approximate surface area is 101 Å². The van der Waals surface area contributed by atoms with Gasteiger partial charge in [0.05, 0.1) is 17.1 Å². The Morgan fingerprint density at radius 2 is 2.38 bits per heavy atom. The van der Waals surface area contributed by atoms with Crippen molar-refractivity contribution in [3.05, 3.63) is 45.6 Å². The number of nitrogens with one attached hydrogen (secondary N) is 1. The molecule has 0 aliphatic heterocycles. The molecular formula is C10H8ClN3OS. The van der Waals surface area contributed by atoms with Gasteiger partial charge in [0.25, 0.3) is 5.91 Å². The van der Waals surface area contributed by atoms with Gasteiger partial charge in [-0.2, -0.15) is 0 Å². The van der Waals surface area contributed by atoms with E-state index in [0.29, 0.717) is 17.1 Å². The maximum atomic E-state index is 11.7. The van der Waals surface area contributed by atoms with E-state index in [1.807, 2.05) is 5.38 Å². The second kappa shape index (κ2) is 5.05. The number of carbonyl (C=O) groups excluding carboxylic acids is 1. The number of hydrogen-bond donors (Lipinski definition) is 1. The third-order valence-corrected chi connectivity index (χ3v) is 2.98. The highest BCUT2D eigenvalue weighted by atomic mass is 35.5. The molecule has 2 rings (SSSR count). The van der Waals surface area contributed by atoms with Gasteiger partial charge >= 0.3 is 0 Å². The van der Waals surface area contributed by atoms with Gasteiger partial charge in [0.2, 0.25) is 0 Å². The number of amides is 1. The minimum absolute atomic E-state index is 0.220. The van der Waals surface area contributed by atoms with E-state index < -0.39 is 0 Å². The number of nitrogens with zero attached hydrogens (tertiary/aromatic N) is 2. The van der Waals surface area contributed by atoms with Crippen LogP contribution in [0, 0.1) is 0 Å². The number of halogens is 1. The Morgan fingerprint density at radius 1 is 1.50 bits per heavy atom. The predicted molar refractivity (Wildman–Crippen MR) is 62.5 cm³/mol. The van der Waals surface area contributed by atoms with Crippen LogP contribution < -0.4 is 5.32 Å². The summed E-state index contributed by atoms with van der Waals surface area (Å²) in [5, 5.41) is 5.81. The third kappa shape index (κ3) is 2.56. The van der Waals surface area contributed by atoms with Crippen LogP contribution in [-0.4, -0.2) is 15.9 Å². The van der Waals surface area contributed by atoms with Crippen molar-refractivity contribution in [1.82, 2.24) is 15.3 Å². The molecule has 0 aliphatic rings. The first-order chi connectivity index (χ1) is 7.77. The molecule has 16 heavy (non-hydrogen) atoms. The molecule has 0 fully saturated rings. The van der Waals surface area contributed by atoms with Crippen LogP contribution in [0.15, 0.2) is 30.0 Å². The lowest BCUT2D eigenvalue weighted by molar-refractivity contribution is 0.0951. The van der Waals surface area contributed by atoms with Crippen molar-refractivity contribution in [1.29, 1.82) is 0 Å². The quantitative estimate of drug-likeness (QED) is 0.912. The first-order valence-electron chi connectivity index (χ1n) is 4.53. The summed E-state index contributed by atoms with van der Waals surface area (Å²) in [5.74, 6) is -0.220. The standard InChI is InChI=1S/C10H8ClN3OS/c11-8-5-12-2-1-7(8)10(15)14-6-9-13-3-4-16-9/h1-5H,6H2,(H,14,15). The fourth-order valence-corrected chi connectivity index (χ4v) is 1.91. The fourth-order valence-electron chi connectivity index (χ4n) is 1.15. The van der Waals surface area contributed by atoms with Crippen LogP contribution in [-0.2, 0) is 6.54 Å². The molecular weight excluding hydrogens is 246 g/mol. The molecule has 2 aromatic rings. The molecule has 82 valence electrons. The summed E-state index contributed by atoms with van der Waals surface area (Å²) in [4.78, 5) is 19.6. The van der Waals surface area contributed by atoms with Crippen LogP contribution in [0.4, 0.5) is 0 Å². The third-order valence-electron chi connectivity index (χ3n) is 1.90. The minimum Gasteiger partial charge on any atom is -0.345 e. The summed E-state index contributed by atoms with van der Waals surface area (Å²) in [7, 11) is 0. The number of thiazole rings is 1. The molecule has 0 bridgehead atoms. The number of hydrogen-bond acceptors (Lipinski definition) is 4. The summed E-state index contributed by atoms with van der Waals surface area (Å²) >= 11 is 7.34. The lowest BCUT2D eigenvalue weighted by Crippen LogP contribution is -2.23. The van der Waals surface area contributed by atoms with E-state index in [-0.39, 0.29) is 5.91 Å². The molecule has 0 aliphatic carbocycles. The van der Waals surface area contributed by atoms with Gasteiger partial charge < -0.3 is 5.32 Å². The van der Waals surface area contributed by atoms with Crippen LogP contribution >= 0.6 is 22.9 Å². The van der Waals surface area contributed by atoms with E-state index in [1.165, 1.54) is 23.7 Å². The van der Waals surface area contributed by atoms with Gasteiger partial charge in [0, 0.05) is 24.0 Å². The van der Waals surface area contributed by atoms with E-state index in [4.69, 9.17) is 11.6 Å². The number of pyridine rings is 1. The van der Waals surface area contributed by atoms with Gasteiger partial charge in [-0.3, -0.25) is 9.78 Å². The van der Waals surface area contributed by atoms with Gasteiger partial charge in [0.15, 0.2) is 0 Å². The van der Waals surface area contributed by atoms with Crippen LogP contribution in [0.2, 0.25) is 5.02 Å². The monoisotopic (exact) mass is 253 g/mol. The lowest BCUT2D eigenvalue weighted by atomic mass is 10.2. The van der Waals surface area contributed by atoms with Crippen LogP contribution in [0.1, 0.15) is 15.4 Å². The molecule has 6 heteroatoms. The Bertz CT molecular complexity index is 487. The van der Waals surface area contributed by atoms with E-state index >= 15 is 0 Å². The van der Waals surface area contributed by atoms with Gasteiger partial charge in [-0.05, 0) is 6.07 Å². The highest BCUT2D eigenvalue weighted by Gasteiger charge is 2.09. The smallest absolute Gasteiger partial charge is 0.253 e. The predicted octanol–water partition coefficient (Wildman–Crippen LogP) is 2.12. The average molecular weight is 254 g/mol. The molecule has 2 aromatic heterocycles. The first-order valence-corrected chi connectivity index (χ1v) is 5.79. The summed E-state index contributed by atoms with van der Waals surface area (Å²) in [6, 6.07) is 1.58. The minimum atomic E-state index is -0.220. The summed E-state index contributed by atoms with van der Waals surface area (Å²) in [6.45, 7) is 0.412. The van der Waals surface area contributed by atoms with Gasteiger partial charge in [-0.15, -0.1) is 11.3 Å². The molecule has 0 unspecified atom stereocenters. The summed E-state index contributed by atoms with van der Waals surface area (Å²) in [6.07, 6.45) is 4.68. The Kier molecular flexibility index (Phi) is 3.48. The van der Waals surface area contributed by atoms with E-state index in [1.54, 1.807) is 12.3 Å². The number of aromatic nitrogens is 2. The summed E-state index contributed by atoms with van der Waals surface area (Å²) in [5.41, 5.74) is 0.424. The number of rotatable bonds is 3. The highest BCUT2D eigenvalue weighted by Crippen LogP contribution is 2.13. The summed E-state index contributed by atoms with van der Waals surface area (Å²) < 4.78 is 0. The second-order valence-electron chi connectivity index (χ2n) is 2.96. The molecule has 0 aromatic carbocycles. The van der Waals surface area contributed by atoms with Crippen LogP contribution in [0.25, 0.3) is 0 Å². The average Bonchev–Trinajstić information content (AvgIpc) is 2.79. The van der Waals surface area contributed by atoms with Crippen LogP contribution in [0.5, 0.6) is 0 Å². The molecule has 1 N–H and O–H groups in total. The van der Waals surface area contributed by atoms with Crippen molar-refractivity contribution in [3.63, 3.8) is 0 Å². The largest absolute Gasteiger partial charge is 0.345 e.